The first kappa shape index (κ1) is 53.0. The van der Waals surface area contributed by atoms with Gasteiger partial charge in [0.1, 0.15) is 34.0 Å². The zero-order chi connectivity index (χ0) is 53.1. The number of carbonyl (C=O) groups excluding carboxylic acids is 3. The summed E-state index contributed by atoms with van der Waals surface area (Å²) in [6.45, 7) is 20.5. The van der Waals surface area contributed by atoms with Gasteiger partial charge in [-0.25, -0.2) is 9.79 Å². The van der Waals surface area contributed by atoms with Crippen LogP contribution in [0.25, 0.3) is 10.8 Å². The van der Waals surface area contributed by atoms with Crippen molar-refractivity contribution in [1.82, 2.24) is 14.7 Å². The van der Waals surface area contributed by atoms with Gasteiger partial charge in [0, 0.05) is 118 Å². The molecule has 2 amide bonds. The molecule has 10 rings (SSSR count). The maximum absolute atomic E-state index is 15.0. The van der Waals surface area contributed by atoms with Gasteiger partial charge >= 0.3 is 11.9 Å². The number of aliphatic hydroxyl groups excluding tert-OH is 2. The number of likely N-dealkylation sites (tertiary alicyclic amines) is 3. The quantitative estimate of drug-likeness (QED) is 0.172. The van der Waals surface area contributed by atoms with Crippen LogP contribution in [0.4, 0.5) is 10.5 Å². The number of piperidine rings is 1. The monoisotopic (exact) mass is 1020 g/mol. The van der Waals surface area contributed by atoms with Gasteiger partial charge in [-0.1, -0.05) is 90.1 Å². The van der Waals surface area contributed by atoms with Crippen LogP contribution in [0, 0.1) is 36.5 Å². The van der Waals surface area contributed by atoms with Crippen molar-refractivity contribution in [3.05, 3.63) is 93.9 Å². The summed E-state index contributed by atoms with van der Waals surface area (Å²) >= 11 is 0. The van der Waals surface area contributed by atoms with Crippen LogP contribution in [0.1, 0.15) is 96.1 Å². The number of nitrogens with one attached hydrogen (secondary N) is 1. The average molecular weight is 1020 g/mol. The lowest BCUT2D eigenvalue weighted by Gasteiger charge is -2.40. The van der Waals surface area contributed by atoms with Crippen LogP contribution in [0.3, 0.4) is 0 Å². The standard InChI is InChI=1S/C57H74N6O11/c1-30(2)26-61-22-20-57(21-23-61)59-44-41-42-49(66)36(8)52-43(41)53(68)56(9,74-52)72-24-19-40(71-10)33(5)51(73-55(70)63-29-38-25-39(63)28-62(38)27-37-17-12-11-13-18-37)35(7)48(65)34(6)47(64)31(3)15-14-16-32(4)54(69)58-46(50(42)67)45(44)60-57/h11-19,24,30-31,33-35,38-40,47-48,51,59,64-67H,20-23,25-29H2,1-10H3/b15-14+,24-19+,32-16-,58-46?/t31-,33+,34+,35+,38?,39?,40-,47-,48+,51+,56-/m0/s1. The number of methoxy groups -OCH3 is 1. The summed E-state index contributed by atoms with van der Waals surface area (Å²) in [5, 5.41) is 51.8. The Morgan fingerprint density at radius 2 is 1.64 bits per heavy atom. The molecule has 11 atom stereocenters. The molecule has 5 N–H and O–H groups in total. The zero-order valence-electron chi connectivity index (χ0n) is 44.4. The van der Waals surface area contributed by atoms with Crippen molar-refractivity contribution in [2.75, 3.05) is 45.2 Å². The molecule has 7 heterocycles. The molecule has 17 heteroatoms. The van der Waals surface area contributed by atoms with Gasteiger partial charge in [0.25, 0.3) is 11.7 Å². The number of benzene rings is 3. The van der Waals surface area contributed by atoms with E-state index in [-0.39, 0.29) is 61.8 Å². The third-order valence-corrected chi connectivity index (χ3v) is 16.7. The maximum atomic E-state index is 15.0. The third-order valence-electron chi connectivity index (χ3n) is 16.7. The number of anilines is 1. The largest absolute Gasteiger partial charge is 0.507 e. The Bertz CT molecular complexity index is 2900. The normalized spacial score (nSPS) is 32.9. The van der Waals surface area contributed by atoms with Gasteiger partial charge in [-0.15, -0.1) is 0 Å². The number of aromatic hydroxyl groups is 2. The Balaban J connectivity index is 1.09. The van der Waals surface area contributed by atoms with Gasteiger partial charge in [0.15, 0.2) is 5.75 Å². The Morgan fingerprint density at radius 1 is 0.919 bits per heavy atom. The minimum absolute atomic E-state index is 0.0504. The minimum Gasteiger partial charge on any atom is -0.507 e. The van der Waals surface area contributed by atoms with Crippen LogP contribution in [0.15, 0.2) is 76.5 Å². The van der Waals surface area contributed by atoms with E-state index in [0.717, 1.165) is 32.6 Å². The number of Topliss-reactive ketones (excluding diaryl/α,β-unsaturated/α-hetero) is 1. The molecule has 398 valence electrons. The predicted octanol–water partition coefficient (Wildman–Crippen LogP) is 6.28. The Morgan fingerprint density at radius 3 is 2.30 bits per heavy atom. The van der Waals surface area contributed by atoms with E-state index in [9.17, 15) is 30.0 Å². The lowest BCUT2D eigenvalue weighted by atomic mass is 9.78. The predicted molar refractivity (Wildman–Crippen MR) is 278 cm³/mol. The molecule has 7 aliphatic rings. The fraction of sp³-hybridized carbons (Fsp3) is 0.561. The van der Waals surface area contributed by atoms with E-state index in [1.165, 1.54) is 25.9 Å². The molecule has 0 aromatic heterocycles. The number of phenolic OH excluding ortho intramolecular Hbond substituents is 2. The molecule has 0 aliphatic carbocycles. The van der Waals surface area contributed by atoms with Crippen molar-refractivity contribution in [1.29, 1.82) is 0 Å². The molecule has 17 nitrogen and oxygen atoms in total. The minimum atomic E-state index is -1.98. The molecule has 3 aromatic carbocycles. The number of carbonyl (C=O) groups is 3. The van der Waals surface area contributed by atoms with Gasteiger partial charge in [-0.3, -0.25) is 19.5 Å². The summed E-state index contributed by atoms with van der Waals surface area (Å²) in [6, 6.07) is 10.4. The van der Waals surface area contributed by atoms with Crippen molar-refractivity contribution in [2.24, 2.45) is 39.6 Å². The van der Waals surface area contributed by atoms with E-state index < -0.39 is 83.1 Å². The summed E-state index contributed by atoms with van der Waals surface area (Å²) < 4.78 is 25.2. The number of piperazine rings is 1. The number of rotatable bonds is 6. The van der Waals surface area contributed by atoms with E-state index in [1.807, 2.05) is 25.1 Å². The highest BCUT2D eigenvalue weighted by Crippen LogP contribution is 2.51. The number of fused-ring (bicyclic) bond motifs is 15. The van der Waals surface area contributed by atoms with Gasteiger partial charge in [0.05, 0.1) is 41.2 Å². The number of ether oxygens (including phenoxy) is 4. The molecule has 7 aliphatic heterocycles. The molecular weight excluding hydrogens is 945 g/mol. The van der Waals surface area contributed by atoms with Crippen LogP contribution < -0.4 is 20.8 Å². The van der Waals surface area contributed by atoms with E-state index in [2.05, 4.69) is 46.1 Å². The third kappa shape index (κ3) is 9.70. The number of allylic oxidation sites excluding steroid dienone is 2. The fourth-order valence-electron chi connectivity index (χ4n) is 12.2. The van der Waals surface area contributed by atoms with E-state index >= 15 is 4.79 Å². The summed E-state index contributed by atoms with van der Waals surface area (Å²) in [6.07, 6.45) is 5.35. The number of hydrogen-bond donors (Lipinski definition) is 5. The molecule has 0 saturated carbocycles. The molecule has 3 saturated heterocycles. The number of phenols is 2. The Kier molecular flexibility index (Phi) is 14.8. The van der Waals surface area contributed by atoms with E-state index in [4.69, 9.17) is 23.9 Å². The number of nitrogens with zero attached hydrogens (tertiary/aromatic N) is 5. The second-order valence-corrected chi connectivity index (χ2v) is 22.4. The number of ketones is 1. The van der Waals surface area contributed by atoms with Crippen LogP contribution in [-0.4, -0.2) is 141 Å². The van der Waals surface area contributed by atoms with Gasteiger partial charge < -0.3 is 54.5 Å². The Hall–Kier alpha value is -5.85. The molecule has 1 spiro atoms. The number of hydrogen-bond acceptors (Lipinski definition) is 15. The van der Waals surface area contributed by atoms with Crippen LogP contribution in [-0.2, 0) is 25.5 Å². The smallest absolute Gasteiger partial charge is 0.410 e. The first-order chi connectivity index (χ1) is 35.2. The van der Waals surface area contributed by atoms with E-state index in [1.54, 1.807) is 63.8 Å². The van der Waals surface area contributed by atoms with Gasteiger partial charge in [0.2, 0.25) is 0 Å². The second-order valence-electron chi connectivity index (χ2n) is 22.4. The first-order valence-electron chi connectivity index (χ1n) is 26.3. The summed E-state index contributed by atoms with van der Waals surface area (Å²) in [5.74, 6) is -6.20. The number of amides is 2. The lowest BCUT2D eigenvalue weighted by Crippen LogP contribution is -2.52. The lowest BCUT2D eigenvalue weighted by molar-refractivity contribution is -0.114. The van der Waals surface area contributed by atoms with Crippen LogP contribution in [0.2, 0.25) is 0 Å². The van der Waals surface area contributed by atoms with Crippen molar-refractivity contribution in [3.63, 3.8) is 0 Å². The van der Waals surface area contributed by atoms with Crippen molar-refractivity contribution in [3.8, 4) is 17.2 Å². The molecule has 3 fully saturated rings. The maximum Gasteiger partial charge on any atom is 0.410 e. The van der Waals surface area contributed by atoms with Crippen molar-refractivity contribution >= 4 is 34.2 Å². The molecule has 2 unspecified atom stereocenters. The second kappa shape index (κ2) is 20.7. The van der Waals surface area contributed by atoms with Crippen LogP contribution in [0.5, 0.6) is 17.2 Å². The molecule has 3 aromatic rings. The van der Waals surface area contributed by atoms with Crippen LogP contribution >= 0.6 is 0 Å². The highest BCUT2D eigenvalue weighted by atomic mass is 16.7. The molecular formula is C57H74N6O11. The summed E-state index contributed by atoms with van der Waals surface area (Å²) in [5.41, 5.74) is 1.08. The van der Waals surface area contributed by atoms with Gasteiger partial charge in [-0.05, 0) is 37.8 Å². The van der Waals surface area contributed by atoms with Crippen molar-refractivity contribution in [2.45, 2.75) is 136 Å². The SMILES string of the molecule is CO[C@H]1/C=C/O[C@@]2(C)Oc3c(C)c(O)c4c(O)c(c5c(c4c3C2=O)NC2(CCN(CC(C)C)CC2)N=5)=NC(=O)/C(C)=C\C=C\[C@H](C)[C@H](O)[C@@H](C)[C@@H](O)[C@@H](C)[C@H](OC(=O)N2CC3CC2CN3Cc2ccccc2)[C@@H]1C. The fourth-order valence-corrected chi connectivity index (χ4v) is 12.2. The molecule has 0 radical (unpaired) electrons. The molecule has 7 bridgehead atoms. The van der Waals surface area contributed by atoms with E-state index in [0.29, 0.717) is 37.5 Å². The summed E-state index contributed by atoms with van der Waals surface area (Å²) in [7, 11) is 1.50. The highest BCUT2D eigenvalue weighted by molar-refractivity contribution is 6.21. The highest BCUT2D eigenvalue weighted by Gasteiger charge is 2.52. The number of aliphatic hydroxyl groups is 2. The average Bonchev–Trinajstić information content (AvgIpc) is 4.15. The topological polar surface area (TPSA) is 216 Å². The zero-order valence-corrected chi connectivity index (χ0v) is 44.4. The van der Waals surface area contributed by atoms with Gasteiger partial charge in [-0.2, -0.15) is 0 Å². The molecule has 74 heavy (non-hydrogen) atoms. The van der Waals surface area contributed by atoms with Crippen molar-refractivity contribution < 1.29 is 53.8 Å². The summed E-state index contributed by atoms with van der Waals surface area (Å²) in [4.78, 5) is 59.6. The Labute approximate surface area is 433 Å². The first-order valence-corrected chi connectivity index (χ1v) is 26.3.